The van der Waals surface area contributed by atoms with Crippen molar-refractivity contribution < 1.29 is 4.79 Å². The van der Waals surface area contributed by atoms with Crippen LogP contribution in [0, 0.1) is 0 Å². The van der Waals surface area contributed by atoms with Gasteiger partial charge >= 0.3 is 0 Å². The Kier molecular flexibility index (Phi) is 4.60. The second kappa shape index (κ2) is 7.54. The van der Waals surface area contributed by atoms with E-state index in [-0.39, 0.29) is 11.8 Å². The molecule has 1 aliphatic heterocycles. The zero-order valence-corrected chi connectivity index (χ0v) is 16.2. The number of piperidine rings is 1. The highest BCUT2D eigenvalue weighted by atomic mass is 16.2. The SMILES string of the molecule is O=C(c1cccn1Cc1ccccc1)N1CCCC(c2nnc3ccccn23)C1. The van der Waals surface area contributed by atoms with Crippen LogP contribution in [0.5, 0.6) is 0 Å². The predicted molar refractivity (Wildman–Crippen MR) is 111 cm³/mol. The molecule has 0 N–H and O–H groups in total. The third-order valence-electron chi connectivity index (χ3n) is 5.66. The van der Waals surface area contributed by atoms with Crippen LogP contribution in [0.3, 0.4) is 0 Å². The van der Waals surface area contributed by atoms with E-state index in [2.05, 4.69) is 22.3 Å². The van der Waals surface area contributed by atoms with Crippen LogP contribution in [-0.2, 0) is 6.54 Å². The Morgan fingerprint density at radius 1 is 0.966 bits per heavy atom. The lowest BCUT2D eigenvalue weighted by Crippen LogP contribution is -2.40. The molecule has 1 saturated heterocycles. The van der Waals surface area contributed by atoms with Crippen molar-refractivity contribution in [2.45, 2.75) is 25.3 Å². The molecule has 0 bridgehead atoms. The highest BCUT2D eigenvalue weighted by Crippen LogP contribution is 2.27. The van der Waals surface area contributed by atoms with Crippen molar-refractivity contribution in [2.24, 2.45) is 0 Å². The van der Waals surface area contributed by atoms with Crippen LogP contribution in [0.2, 0.25) is 0 Å². The van der Waals surface area contributed by atoms with Crippen molar-refractivity contribution in [1.82, 2.24) is 24.1 Å². The van der Waals surface area contributed by atoms with Gasteiger partial charge in [0.25, 0.3) is 5.91 Å². The number of pyridine rings is 1. The van der Waals surface area contributed by atoms with E-state index in [0.29, 0.717) is 13.1 Å². The number of hydrogen-bond donors (Lipinski definition) is 0. The van der Waals surface area contributed by atoms with Crippen molar-refractivity contribution >= 4 is 11.6 Å². The zero-order chi connectivity index (χ0) is 19.6. The number of amides is 1. The highest BCUT2D eigenvalue weighted by Gasteiger charge is 2.29. The van der Waals surface area contributed by atoms with Gasteiger partial charge in [0.15, 0.2) is 5.65 Å². The lowest BCUT2D eigenvalue weighted by molar-refractivity contribution is 0.0693. The summed E-state index contributed by atoms with van der Waals surface area (Å²) >= 11 is 0. The molecule has 3 aromatic heterocycles. The molecule has 5 rings (SSSR count). The molecular formula is C23H23N5O. The van der Waals surface area contributed by atoms with Gasteiger partial charge in [0.2, 0.25) is 0 Å². The molecule has 4 aromatic rings. The van der Waals surface area contributed by atoms with Gasteiger partial charge in [0, 0.05) is 37.9 Å². The molecule has 1 fully saturated rings. The Labute approximate surface area is 169 Å². The van der Waals surface area contributed by atoms with E-state index in [1.54, 1.807) is 0 Å². The molecule has 1 atom stereocenters. The average molecular weight is 385 g/mol. The number of carbonyl (C=O) groups is 1. The molecule has 0 aliphatic carbocycles. The number of nitrogens with zero attached hydrogens (tertiary/aromatic N) is 5. The van der Waals surface area contributed by atoms with Crippen molar-refractivity contribution in [3.05, 3.63) is 90.1 Å². The Morgan fingerprint density at radius 2 is 1.83 bits per heavy atom. The maximum absolute atomic E-state index is 13.3. The molecule has 1 aromatic carbocycles. The van der Waals surface area contributed by atoms with Crippen LogP contribution >= 0.6 is 0 Å². The fourth-order valence-corrected chi connectivity index (χ4v) is 4.20. The summed E-state index contributed by atoms with van der Waals surface area (Å²) in [7, 11) is 0. The summed E-state index contributed by atoms with van der Waals surface area (Å²) in [4.78, 5) is 15.3. The largest absolute Gasteiger partial charge is 0.339 e. The molecule has 0 saturated carbocycles. The molecule has 6 nitrogen and oxygen atoms in total. The zero-order valence-electron chi connectivity index (χ0n) is 16.2. The highest BCUT2D eigenvalue weighted by molar-refractivity contribution is 5.93. The Morgan fingerprint density at radius 3 is 2.72 bits per heavy atom. The van der Waals surface area contributed by atoms with Gasteiger partial charge in [0.05, 0.1) is 0 Å². The molecule has 29 heavy (non-hydrogen) atoms. The summed E-state index contributed by atoms with van der Waals surface area (Å²) in [5.41, 5.74) is 2.77. The fraction of sp³-hybridized carbons (Fsp3) is 0.261. The van der Waals surface area contributed by atoms with Gasteiger partial charge < -0.3 is 9.47 Å². The van der Waals surface area contributed by atoms with Gasteiger partial charge in [0.1, 0.15) is 11.5 Å². The van der Waals surface area contributed by atoms with Gasteiger partial charge in [-0.05, 0) is 42.7 Å². The maximum atomic E-state index is 13.3. The summed E-state index contributed by atoms with van der Waals surface area (Å²) < 4.78 is 4.07. The molecule has 1 unspecified atom stereocenters. The molecule has 0 radical (unpaired) electrons. The van der Waals surface area contributed by atoms with Crippen molar-refractivity contribution in [2.75, 3.05) is 13.1 Å². The van der Waals surface area contributed by atoms with E-state index in [1.165, 1.54) is 5.56 Å². The van der Waals surface area contributed by atoms with Gasteiger partial charge in [-0.15, -0.1) is 10.2 Å². The smallest absolute Gasteiger partial charge is 0.270 e. The van der Waals surface area contributed by atoms with Crippen LogP contribution in [0.25, 0.3) is 5.65 Å². The fourth-order valence-electron chi connectivity index (χ4n) is 4.20. The minimum atomic E-state index is 0.0875. The first-order valence-electron chi connectivity index (χ1n) is 10.1. The Bertz CT molecular complexity index is 1130. The molecule has 1 amide bonds. The van der Waals surface area contributed by atoms with E-state index >= 15 is 0 Å². The summed E-state index contributed by atoms with van der Waals surface area (Å²) in [6, 6.07) is 20.0. The molecule has 6 heteroatoms. The van der Waals surface area contributed by atoms with Crippen molar-refractivity contribution in [1.29, 1.82) is 0 Å². The Balaban J connectivity index is 1.36. The summed E-state index contributed by atoms with van der Waals surface area (Å²) in [5, 5.41) is 8.70. The summed E-state index contributed by atoms with van der Waals surface area (Å²) in [5.74, 6) is 1.23. The second-order valence-electron chi connectivity index (χ2n) is 7.58. The van der Waals surface area contributed by atoms with E-state index < -0.39 is 0 Å². The number of benzene rings is 1. The topological polar surface area (TPSA) is 55.4 Å². The second-order valence-corrected chi connectivity index (χ2v) is 7.58. The van der Waals surface area contributed by atoms with Crippen LogP contribution in [0.15, 0.2) is 73.1 Å². The normalized spacial score (nSPS) is 17.0. The standard InChI is InChI=1S/C23H23N5O/c29-23(20-11-7-13-26(20)16-18-8-2-1-3-9-18)27-14-6-10-19(17-27)22-25-24-21-12-4-5-15-28(21)22/h1-5,7-9,11-13,15,19H,6,10,14,16-17H2. The van der Waals surface area contributed by atoms with Crippen molar-refractivity contribution in [3.63, 3.8) is 0 Å². The van der Waals surface area contributed by atoms with Gasteiger partial charge in [-0.3, -0.25) is 9.20 Å². The average Bonchev–Trinajstić information content (AvgIpc) is 3.41. The minimum Gasteiger partial charge on any atom is -0.339 e. The number of hydrogen-bond acceptors (Lipinski definition) is 3. The Hall–Kier alpha value is -3.41. The first kappa shape index (κ1) is 17.7. The number of carbonyl (C=O) groups excluding carboxylic acids is 1. The van der Waals surface area contributed by atoms with E-state index in [4.69, 9.17) is 0 Å². The maximum Gasteiger partial charge on any atom is 0.270 e. The molecule has 4 heterocycles. The number of fused-ring (bicyclic) bond motifs is 1. The first-order chi connectivity index (χ1) is 14.3. The lowest BCUT2D eigenvalue weighted by Gasteiger charge is -2.32. The molecular weight excluding hydrogens is 362 g/mol. The van der Waals surface area contributed by atoms with Gasteiger partial charge in [-0.2, -0.15) is 0 Å². The summed E-state index contributed by atoms with van der Waals surface area (Å²) in [6.45, 7) is 2.15. The van der Waals surface area contributed by atoms with Crippen LogP contribution in [0.1, 0.15) is 40.6 Å². The summed E-state index contributed by atoms with van der Waals surface area (Å²) in [6.07, 6.45) is 5.96. The minimum absolute atomic E-state index is 0.0875. The quantitative estimate of drug-likeness (QED) is 0.539. The monoisotopic (exact) mass is 385 g/mol. The van der Waals surface area contributed by atoms with Crippen LogP contribution in [0.4, 0.5) is 0 Å². The van der Waals surface area contributed by atoms with E-state index in [1.807, 2.05) is 74.8 Å². The van der Waals surface area contributed by atoms with Crippen LogP contribution < -0.4 is 0 Å². The van der Waals surface area contributed by atoms with Crippen LogP contribution in [-0.4, -0.2) is 43.1 Å². The van der Waals surface area contributed by atoms with Gasteiger partial charge in [-0.25, -0.2) is 0 Å². The number of aromatic nitrogens is 4. The number of rotatable bonds is 4. The number of likely N-dealkylation sites (tertiary alicyclic amines) is 1. The molecule has 146 valence electrons. The van der Waals surface area contributed by atoms with Gasteiger partial charge in [-0.1, -0.05) is 36.4 Å². The predicted octanol–water partition coefficient (Wildman–Crippen LogP) is 3.60. The van der Waals surface area contributed by atoms with E-state index in [0.717, 1.165) is 36.6 Å². The third kappa shape index (κ3) is 3.42. The lowest BCUT2D eigenvalue weighted by atomic mass is 9.97. The molecule has 1 aliphatic rings. The van der Waals surface area contributed by atoms with Crippen molar-refractivity contribution in [3.8, 4) is 0 Å². The first-order valence-corrected chi connectivity index (χ1v) is 10.1. The third-order valence-corrected chi connectivity index (χ3v) is 5.66. The van der Waals surface area contributed by atoms with E-state index in [9.17, 15) is 4.79 Å². The molecule has 0 spiro atoms.